The van der Waals surface area contributed by atoms with Gasteiger partial charge in [-0.1, -0.05) is 29.8 Å². The molecule has 0 amide bonds. The molecule has 120 valence electrons. The normalized spacial score (nSPS) is 19.6. The molecule has 0 spiro atoms. The zero-order valence-electron chi connectivity index (χ0n) is 12.9. The van der Waals surface area contributed by atoms with Crippen LogP contribution in [0, 0.1) is 6.92 Å². The summed E-state index contributed by atoms with van der Waals surface area (Å²) < 4.78 is 32.0. The maximum Gasteiger partial charge on any atom is 0.324 e. The van der Waals surface area contributed by atoms with Crippen molar-refractivity contribution in [3.8, 4) is 0 Å². The van der Waals surface area contributed by atoms with Gasteiger partial charge in [0.1, 0.15) is 6.04 Å². The number of benzene rings is 1. The van der Waals surface area contributed by atoms with Crippen LogP contribution in [0.3, 0.4) is 0 Å². The van der Waals surface area contributed by atoms with Gasteiger partial charge in [-0.3, -0.25) is 4.79 Å². The first-order chi connectivity index (χ1) is 10.5. The van der Waals surface area contributed by atoms with Crippen molar-refractivity contribution in [2.45, 2.75) is 37.6 Å². The van der Waals surface area contributed by atoms with E-state index in [1.807, 2.05) is 19.1 Å². The maximum atomic E-state index is 12.9. The Labute approximate surface area is 131 Å². The summed E-state index contributed by atoms with van der Waals surface area (Å²) in [6, 6.07) is 5.85. The van der Waals surface area contributed by atoms with E-state index in [1.165, 1.54) is 4.31 Å². The first-order valence-corrected chi connectivity index (χ1v) is 8.81. The molecule has 0 radical (unpaired) electrons. The fraction of sp³-hybridized carbons (Fsp3) is 0.438. The van der Waals surface area contributed by atoms with E-state index in [9.17, 15) is 13.2 Å². The van der Waals surface area contributed by atoms with Gasteiger partial charge in [-0.25, -0.2) is 8.42 Å². The third-order valence-corrected chi connectivity index (χ3v) is 5.50. The summed E-state index contributed by atoms with van der Waals surface area (Å²) >= 11 is 0. The van der Waals surface area contributed by atoms with Gasteiger partial charge in [-0.05, 0) is 38.8 Å². The molecular formula is C16H21NO4S. The summed E-state index contributed by atoms with van der Waals surface area (Å²) in [5, 5.41) is 0. The number of hydrogen-bond acceptors (Lipinski definition) is 4. The number of rotatable bonds is 4. The molecule has 0 aliphatic carbocycles. The van der Waals surface area contributed by atoms with Gasteiger partial charge >= 0.3 is 5.97 Å². The first kappa shape index (κ1) is 16.7. The fourth-order valence-corrected chi connectivity index (χ4v) is 4.01. The highest BCUT2D eigenvalue weighted by molar-refractivity contribution is 7.89. The predicted molar refractivity (Wildman–Crippen MR) is 83.9 cm³/mol. The lowest BCUT2D eigenvalue weighted by atomic mass is 10.2. The van der Waals surface area contributed by atoms with Crippen LogP contribution in [-0.2, 0) is 19.6 Å². The lowest BCUT2D eigenvalue weighted by molar-refractivity contribution is -0.147. The van der Waals surface area contributed by atoms with Crippen molar-refractivity contribution in [2.24, 2.45) is 0 Å². The fourth-order valence-electron chi connectivity index (χ4n) is 2.40. The number of ether oxygens (including phenoxy) is 1. The third-order valence-electron chi connectivity index (χ3n) is 3.58. The van der Waals surface area contributed by atoms with Crippen molar-refractivity contribution in [1.82, 2.24) is 4.31 Å². The molecule has 1 aromatic carbocycles. The molecule has 1 aliphatic rings. The molecule has 0 bridgehead atoms. The number of hydrogen-bond donors (Lipinski definition) is 0. The Bertz CT molecular complexity index is 649. The van der Waals surface area contributed by atoms with Gasteiger partial charge in [-0.2, -0.15) is 4.31 Å². The number of carbonyl (C=O) groups excluding carboxylic acids is 1. The standard InChI is InChI=1S/C16H21NO4S/c1-3-21-16(18)15-7-5-4-6-12-17(15)22(19,20)14-10-8-13(2)9-11-14/h4-5,8-11,15H,3,6-7,12H2,1-2H3. The van der Waals surface area contributed by atoms with E-state index >= 15 is 0 Å². The number of aryl methyl sites for hydroxylation is 1. The van der Waals surface area contributed by atoms with Crippen LogP contribution in [-0.4, -0.2) is 37.9 Å². The van der Waals surface area contributed by atoms with Crippen molar-refractivity contribution in [1.29, 1.82) is 0 Å². The average Bonchev–Trinajstić information content (AvgIpc) is 2.74. The lowest BCUT2D eigenvalue weighted by Gasteiger charge is -2.27. The molecule has 1 aliphatic heterocycles. The maximum absolute atomic E-state index is 12.9. The van der Waals surface area contributed by atoms with Gasteiger partial charge in [0.2, 0.25) is 10.0 Å². The largest absolute Gasteiger partial charge is 0.465 e. The number of sulfonamides is 1. The van der Waals surface area contributed by atoms with Gasteiger partial charge in [-0.15, -0.1) is 0 Å². The third kappa shape index (κ3) is 3.56. The number of carbonyl (C=O) groups is 1. The molecule has 6 heteroatoms. The molecule has 0 saturated heterocycles. The summed E-state index contributed by atoms with van der Waals surface area (Å²) in [5.41, 5.74) is 0.985. The summed E-state index contributed by atoms with van der Waals surface area (Å²) in [5.74, 6) is -0.496. The van der Waals surface area contributed by atoms with Crippen molar-refractivity contribution in [3.05, 3.63) is 42.0 Å². The highest BCUT2D eigenvalue weighted by Crippen LogP contribution is 2.23. The van der Waals surface area contributed by atoms with Gasteiger partial charge in [0.25, 0.3) is 0 Å². The molecule has 0 saturated carbocycles. The van der Waals surface area contributed by atoms with E-state index in [1.54, 1.807) is 31.2 Å². The van der Waals surface area contributed by atoms with Gasteiger partial charge in [0.15, 0.2) is 0 Å². The quantitative estimate of drug-likeness (QED) is 0.630. The van der Waals surface area contributed by atoms with E-state index < -0.39 is 22.0 Å². The van der Waals surface area contributed by atoms with E-state index in [0.29, 0.717) is 12.8 Å². The Morgan fingerprint density at radius 1 is 1.27 bits per heavy atom. The van der Waals surface area contributed by atoms with Crippen molar-refractivity contribution < 1.29 is 17.9 Å². The van der Waals surface area contributed by atoms with Gasteiger partial charge in [0.05, 0.1) is 11.5 Å². The van der Waals surface area contributed by atoms with Gasteiger partial charge in [0, 0.05) is 6.54 Å². The molecular weight excluding hydrogens is 302 g/mol. The summed E-state index contributed by atoms with van der Waals surface area (Å²) in [6.45, 7) is 4.12. The zero-order chi connectivity index (χ0) is 16.2. The lowest BCUT2D eigenvalue weighted by Crippen LogP contribution is -2.45. The molecule has 2 rings (SSSR count). The van der Waals surface area contributed by atoms with Crippen LogP contribution in [0.4, 0.5) is 0 Å². The molecule has 0 aromatic heterocycles. The van der Waals surface area contributed by atoms with Crippen molar-refractivity contribution in [3.63, 3.8) is 0 Å². The second-order valence-electron chi connectivity index (χ2n) is 5.19. The average molecular weight is 323 g/mol. The molecule has 0 fully saturated rings. The minimum Gasteiger partial charge on any atom is -0.465 e. The second kappa shape index (κ2) is 7.07. The van der Waals surface area contributed by atoms with Crippen LogP contribution in [0.15, 0.2) is 41.3 Å². The highest BCUT2D eigenvalue weighted by atomic mass is 32.2. The summed E-state index contributed by atoms with van der Waals surface area (Å²) in [6.07, 6.45) is 4.66. The molecule has 5 nitrogen and oxygen atoms in total. The van der Waals surface area contributed by atoms with E-state index in [-0.39, 0.29) is 18.0 Å². The molecule has 1 unspecified atom stereocenters. The van der Waals surface area contributed by atoms with E-state index in [2.05, 4.69) is 0 Å². The van der Waals surface area contributed by atoms with Crippen molar-refractivity contribution >= 4 is 16.0 Å². The Morgan fingerprint density at radius 2 is 1.95 bits per heavy atom. The van der Waals surface area contributed by atoms with E-state index in [0.717, 1.165) is 5.56 Å². The Morgan fingerprint density at radius 3 is 2.59 bits per heavy atom. The van der Waals surface area contributed by atoms with E-state index in [4.69, 9.17) is 4.74 Å². The highest BCUT2D eigenvalue weighted by Gasteiger charge is 2.36. The molecule has 1 atom stereocenters. The van der Waals surface area contributed by atoms with Crippen LogP contribution in [0.5, 0.6) is 0 Å². The molecule has 0 N–H and O–H groups in total. The first-order valence-electron chi connectivity index (χ1n) is 7.37. The van der Waals surface area contributed by atoms with Crippen LogP contribution in [0.25, 0.3) is 0 Å². The van der Waals surface area contributed by atoms with Crippen LogP contribution in [0.1, 0.15) is 25.3 Å². The Balaban J connectivity index is 2.36. The topological polar surface area (TPSA) is 63.7 Å². The van der Waals surface area contributed by atoms with Crippen molar-refractivity contribution in [2.75, 3.05) is 13.2 Å². The minimum absolute atomic E-state index is 0.203. The monoisotopic (exact) mass is 323 g/mol. The SMILES string of the molecule is CCOC(=O)C1CC=CCCN1S(=O)(=O)c1ccc(C)cc1. The summed E-state index contributed by atoms with van der Waals surface area (Å²) in [7, 11) is -3.72. The molecule has 1 aromatic rings. The number of nitrogens with zero attached hydrogens (tertiary/aromatic N) is 1. The molecule has 22 heavy (non-hydrogen) atoms. The summed E-state index contributed by atoms with van der Waals surface area (Å²) in [4.78, 5) is 12.3. The van der Waals surface area contributed by atoms with Gasteiger partial charge < -0.3 is 4.74 Å². The Hall–Kier alpha value is -1.66. The van der Waals surface area contributed by atoms with Crippen LogP contribution >= 0.6 is 0 Å². The minimum atomic E-state index is -3.72. The zero-order valence-corrected chi connectivity index (χ0v) is 13.7. The van der Waals surface area contributed by atoms with Crippen LogP contribution < -0.4 is 0 Å². The Kier molecular flexibility index (Phi) is 5.37. The second-order valence-corrected chi connectivity index (χ2v) is 7.08. The van der Waals surface area contributed by atoms with Crippen LogP contribution in [0.2, 0.25) is 0 Å². The molecule has 1 heterocycles. The smallest absolute Gasteiger partial charge is 0.324 e. The predicted octanol–water partition coefficient (Wildman–Crippen LogP) is 2.27. The number of esters is 1.